The Balaban J connectivity index is 1.87. The number of hydrogen-bond donors (Lipinski definition) is 1. The van der Waals surface area contributed by atoms with Gasteiger partial charge in [0.2, 0.25) is 0 Å². The van der Waals surface area contributed by atoms with Gasteiger partial charge in [-0.3, -0.25) is 0 Å². The van der Waals surface area contributed by atoms with E-state index in [0.29, 0.717) is 23.4 Å². The van der Waals surface area contributed by atoms with Gasteiger partial charge in [0.15, 0.2) is 6.79 Å². The van der Waals surface area contributed by atoms with Crippen molar-refractivity contribution in [1.82, 2.24) is 5.32 Å². The van der Waals surface area contributed by atoms with Crippen molar-refractivity contribution < 1.29 is 22.6 Å². The van der Waals surface area contributed by atoms with Crippen LogP contribution >= 0.6 is 11.6 Å². The van der Waals surface area contributed by atoms with Gasteiger partial charge in [-0.2, -0.15) is 13.2 Å². The number of hydrogen-bond acceptors (Lipinski definition) is 3. The Bertz CT molecular complexity index is 450. The van der Waals surface area contributed by atoms with Gasteiger partial charge in [0, 0.05) is 23.2 Å². The summed E-state index contributed by atoms with van der Waals surface area (Å²) in [6.07, 6.45) is -2.08. The van der Waals surface area contributed by atoms with Gasteiger partial charge in [0.1, 0.15) is 12.4 Å². The zero-order valence-corrected chi connectivity index (χ0v) is 11.4. The highest BCUT2D eigenvalue weighted by molar-refractivity contribution is 6.31. The van der Waals surface area contributed by atoms with E-state index in [1.165, 1.54) is 0 Å². The molecule has 0 radical (unpaired) electrons. The number of ether oxygens (including phenoxy) is 2. The molecule has 1 N–H and O–H groups in total. The van der Waals surface area contributed by atoms with E-state index in [-0.39, 0.29) is 0 Å². The van der Waals surface area contributed by atoms with Crippen LogP contribution in [0.5, 0.6) is 5.75 Å². The maximum atomic E-state index is 11.9. The van der Waals surface area contributed by atoms with Crippen LogP contribution in [-0.2, 0) is 11.3 Å². The first kappa shape index (κ1) is 15.4. The number of rotatable bonds is 7. The molecule has 20 heavy (non-hydrogen) atoms. The number of halogens is 4. The number of alkyl halides is 3. The van der Waals surface area contributed by atoms with E-state index in [1.807, 2.05) is 0 Å². The van der Waals surface area contributed by atoms with Crippen LogP contribution < -0.4 is 10.1 Å². The Labute approximate surface area is 120 Å². The lowest BCUT2D eigenvalue weighted by molar-refractivity contribution is -0.186. The molecule has 1 saturated carbocycles. The summed E-state index contributed by atoms with van der Waals surface area (Å²) in [5.41, 5.74) is 0.733. The summed E-state index contributed by atoms with van der Waals surface area (Å²) in [6.45, 7) is -1.27. The Morgan fingerprint density at radius 1 is 1.30 bits per heavy atom. The van der Waals surface area contributed by atoms with Crippen LogP contribution in [0.1, 0.15) is 18.4 Å². The summed E-state index contributed by atoms with van der Waals surface area (Å²) < 4.78 is 45.4. The van der Waals surface area contributed by atoms with Crippen LogP contribution in [0.3, 0.4) is 0 Å². The summed E-state index contributed by atoms with van der Waals surface area (Å²) in [5.74, 6) is 0.438. The Kier molecular flexibility index (Phi) is 5.12. The topological polar surface area (TPSA) is 30.5 Å². The third-order valence-electron chi connectivity index (χ3n) is 2.78. The highest BCUT2D eigenvalue weighted by Gasteiger charge is 2.27. The lowest BCUT2D eigenvalue weighted by atomic mass is 10.2. The van der Waals surface area contributed by atoms with Crippen LogP contribution in [0.15, 0.2) is 18.2 Å². The van der Waals surface area contributed by atoms with Crippen LogP contribution in [0, 0.1) is 0 Å². The van der Waals surface area contributed by atoms with Crippen molar-refractivity contribution in [1.29, 1.82) is 0 Å². The molecule has 0 spiro atoms. The van der Waals surface area contributed by atoms with Crippen LogP contribution in [0.2, 0.25) is 5.02 Å². The molecule has 0 atom stereocenters. The SMILES string of the molecule is FC(F)(F)COCOc1cccc(Cl)c1CNC1CC1. The van der Waals surface area contributed by atoms with Crippen LogP contribution in [0.4, 0.5) is 13.2 Å². The van der Waals surface area contributed by atoms with E-state index >= 15 is 0 Å². The monoisotopic (exact) mass is 309 g/mol. The second-order valence-corrected chi connectivity index (χ2v) is 5.00. The summed E-state index contributed by atoms with van der Waals surface area (Å²) in [6, 6.07) is 5.56. The second-order valence-electron chi connectivity index (χ2n) is 4.60. The molecule has 0 heterocycles. The second kappa shape index (κ2) is 6.65. The molecule has 1 aliphatic carbocycles. The van der Waals surface area contributed by atoms with Gasteiger partial charge in [-0.05, 0) is 25.0 Å². The molecule has 0 bridgehead atoms. The third-order valence-corrected chi connectivity index (χ3v) is 3.14. The van der Waals surface area contributed by atoms with E-state index in [1.54, 1.807) is 18.2 Å². The van der Waals surface area contributed by atoms with Crippen molar-refractivity contribution >= 4 is 11.6 Å². The molecule has 2 rings (SSSR count). The fraction of sp³-hybridized carbons (Fsp3) is 0.538. The average Bonchev–Trinajstić information content (AvgIpc) is 3.16. The van der Waals surface area contributed by atoms with Crippen molar-refractivity contribution in [3.05, 3.63) is 28.8 Å². The fourth-order valence-corrected chi connectivity index (χ4v) is 1.87. The predicted molar refractivity (Wildman–Crippen MR) is 68.8 cm³/mol. The summed E-state index contributed by atoms with van der Waals surface area (Å²) in [5, 5.41) is 3.80. The van der Waals surface area contributed by atoms with E-state index in [0.717, 1.165) is 18.4 Å². The molecule has 0 unspecified atom stereocenters. The maximum absolute atomic E-state index is 11.9. The van der Waals surface area contributed by atoms with E-state index in [2.05, 4.69) is 10.1 Å². The molecule has 0 aliphatic heterocycles. The molecule has 1 aromatic carbocycles. The van der Waals surface area contributed by atoms with Crippen LogP contribution in [-0.4, -0.2) is 25.6 Å². The largest absolute Gasteiger partial charge is 0.467 e. The standard InChI is InChI=1S/C13H15ClF3NO2/c14-11-2-1-3-12(10(11)6-18-9-4-5-9)20-8-19-7-13(15,16)17/h1-3,9,18H,4-8H2. The minimum Gasteiger partial charge on any atom is -0.467 e. The highest BCUT2D eigenvalue weighted by Crippen LogP contribution is 2.28. The van der Waals surface area contributed by atoms with Gasteiger partial charge in [0.25, 0.3) is 0 Å². The van der Waals surface area contributed by atoms with Gasteiger partial charge in [-0.1, -0.05) is 17.7 Å². The molecule has 1 aromatic rings. The molecule has 7 heteroatoms. The first-order chi connectivity index (χ1) is 9.46. The minimum absolute atomic E-state index is 0.438. The van der Waals surface area contributed by atoms with Gasteiger partial charge >= 0.3 is 6.18 Å². The number of nitrogens with one attached hydrogen (secondary N) is 1. The van der Waals surface area contributed by atoms with Crippen molar-refractivity contribution in [3.63, 3.8) is 0 Å². The van der Waals surface area contributed by atoms with Crippen LogP contribution in [0.25, 0.3) is 0 Å². The highest BCUT2D eigenvalue weighted by atomic mass is 35.5. The van der Waals surface area contributed by atoms with E-state index in [9.17, 15) is 13.2 Å². The molecular formula is C13H15ClF3NO2. The first-order valence-electron chi connectivity index (χ1n) is 6.24. The minimum atomic E-state index is -4.35. The van der Waals surface area contributed by atoms with Gasteiger partial charge < -0.3 is 14.8 Å². The number of benzene rings is 1. The van der Waals surface area contributed by atoms with Gasteiger partial charge in [-0.15, -0.1) is 0 Å². The predicted octanol–water partition coefficient (Wildman–Crippen LogP) is 3.51. The Morgan fingerprint density at radius 2 is 2.05 bits per heavy atom. The van der Waals surface area contributed by atoms with E-state index in [4.69, 9.17) is 16.3 Å². The molecule has 3 nitrogen and oxygen atoms in total. The van der Waals surface area contributed by atoms with Gasteiger partial charge in [-0.25, -0.2) is 0 Å². The van der Waals surface area contributed by atoms with Gasteiger partial charge in [0.05, 0.1) is 0 Å². The molecule has 0 aromatic heterocycles. The third kappa shape index (κ3) is 5.19. The summed E-state index contributed by atoms with van der Waals surface area (Å²) in [4.78, 5) is 0. The molecule has 0 amide bonds. The lowest BCUT2D eigenvalue weighted by Gasteiger charge is -2.14. The average molecular weight is 310 g/mol. The zero-order valence-electron chi connectivity index (χ0n) is 10.7. The molecular weight excluding hydrogens is 295 g/mol. The van der Waals surface area contributed by atoms with Crippen molar-refractivity contribution in [2.75, 3.05) is 13.4 Å². The summed E-state index contributed by atoms with van der Waals surface area (Å²) >= 11 is 6.08. The van der Waals surface area contributed by atoms with Crippen molar-refractivity contribution in [3.8, 4) is 5.75 Å². The Hall–Kier alpha value is -0.980. The summed E-state index contributed by atoms with van der Waals surface area (Å²) in [7, 11) is 0. The van der Waals surface area contributed by atoms with E-state index < -0.39 is 19.6 Å². The first-order valence-corrected chi connectivity index (χ1v) is 6.61. The molecule has 1 aliphatic rings. The van der Waals surface area contributed by atoms with Crippen molar-refractivity contribution in [2.45, 2.75) is 31.6 Å². The lowest BCUT2D eigenvalue weighted by Crippen LogP contribution is -2.20. The smallest absolute Gasteiger partial charge is 0.411 e. The molecule has 112 valence electrons. The normalized spacial score (nSPS) is 15.4. The Morgan fingerprint density at radius 3 is 2.70 bits per heavy atom. The quantitative estimate of drug-likeness (QED) is 0.617. The molecule has 1 fully saturated rings. The fourth-order valence-electron chi connectivity index (χ4n) is 1.64. The maximum Gasteiger partial charge on any atom is 0.411 e. The zero-order chi connectivity index (χ0) is 14.6. The molecule has 0 saturated heterocycles. The van der Waals surface area contributed by atoms with Crippen molar-refractivity contribution in [2.24, 2.45) is 0 Å².